The molecule has 0 aromatic heterocycles. The van der Waals surface area contributed by atoms with E-state index >= 15 is 0 Å². The van der Waals surface area contributed by atoms with E-state index in [9.17, 15) is 15.3 Å². The Kier molecular flexibility index (Phi) is 11.3. The summed E-state index contributed by atoms with van der Waals surface area (Å²) in [5.41, 5.74) is 6.38. The third-order valence-corrected chi connectivity index (χ3v) is 5.35. The van der Waals surface area contributed by atoms with E-state index in [0.29, 0.717) is 18.4 Å². The molecule has 0 radical (unpaired) electrons. The molecule has 0 amide bonds. The van der Waals surface area contributed by atoms with Crippen LogP contribution in [0.15, 0.2) is 58.7 Å². The third-order valence-electron chi connectivity index (χ3n) is 5.35. The number of aliphatic hydroxyl groups excluding tert-OH is 1. The smallest absolute Gasteiger partial charge is 0.122 e. The molecular weight excluding hydrogens is 372 g/mol. The summed E-state index contributed by atoms with van der Waals surface area (Å²) >= 11 is 0. The lowest BCUT2D eigenvalue weighted by Gasteiger charge is -2.09. The van der Waals surface area contributed by atoms with Crippen molar-refractivity contribution in [2.24, 2.45) is 0 Å². The number of phenols is 2. The minimum Gasteiger partial charge on any atom is -0.508 e. The van der Waals surface area contributed by atoms with Crippen LogP contribution in [0.2, 0.25) is 0 Å². The second kappa shape index (κ2) is 13.1. The maximum Gasteiger partial charge on any atom is 0.122 e. The lowest BCUT2D eigenvalue weighted by atomic mass is 10.0. The molecule has 0 saturated heterocycles. The predicted molar refractivity (Wildman–Crippen MR) is 128 cm³/mol. The first-order valence-electron chi connectivity index (χ1n) is 10.9. The predicted octanol–water partition coefficient (Wildman–Crippen LogP) is 7.07. The maximum absolute atomic E-state index is 10.2. The van der Waals surface area contributed by atoms with Crippen LogP contribution in [0, 0.1) is 6.92 Å². The monoisotopic (exact) mass is 412 g/mol. The van der Waals surface area contributed by atoms with Gasteiger partial charge in [-0.15, -0.1) is 0 Å². The van der Waals surface area contributed by atoms with Gasteiger partial charge in [0.2, 0.25) is 0 Å². The van der Waals surface area contributed by atoms with Gasteiger partial charge >= 0.3 is 0 Å². The number of aromatic hydroxyl groups is 2. The fraction of sp³-hybridized carbons (Fsp3) is 0.481. The fourth-order valence-electron chi connectivity index (χ4n) is 3.22. The summed E-state index contributed by atoms with van der Waals surface area (Å²) in [5.74, 6) is 0.459. The summed E-state index contributed by atoms with van der Waals surface area (Å²) in [6, 6.07) is 3.20. The second-order valence-corrected chi connectivity index (χ2v) is 8.63. The first-order chi connectivity index (χ1) is 14.1. The van der Waals surface area contributed by atoms with Gasteiger partial charge in [0.25, 0.3) is 0 Å². The zero-order chi connectivity index (χ0) is 22.7. The largest absolute Gasteiger partial charge is 0.508 e. The van der Waals surface area contributed by atoms with Crippen molar-refractivity contribution >= 4 is 0 Å². The van der Waals surface area contributed by atoms with Crippen LogP contribution >= 0.6 is 0 Å². The number of benzene rings is 1. The summed E-state index contributed by atoms with van der Waals surface area (Å²) in [7, 11) is 0. The molecule has 0 bridgehead atoms. The lowest BCUT2D eigenvalue weighted by Crippen LogP contribution is -2.06. The normalized spacial score (nSPS) is 14.0. The van der Waals surface area contributed by atoms with Crippen LogP contribution in [0.4, 0.5) is 0 Å². The molecule has 0 spiro atoms. The van der Waals surface area contributed by atoms with Crippen LogP contribution in [-0.4, -0.2) is 21.4 Å². The molecule has 1 aromatic carbocycles. The fourth-order valence-corrected chi connectivity index (χ4v) is 3.22. The maximum atomic E-state index is 10.2. The average molecular weight is 413 g/mol. The van der Waals surface area contributed by atoms with E-state index < -0.39 is 0 Å². The van der Waals surface area contributed by atoms with Crippen LogP contribution in [0.5, 0.6) is 11.5 Å². The minimum atomic E-state index is -0.383. The Morgan fingerprint density at radius 2 is 1.47 bits per heavy atom. The molecule has 1 rings (SSSR count). The second-order valence-electron chi connectivity index (χ2n) is 8.63. The van der Waals surface area contributed by atoms with Crippen LogP contribution in [0.3, 0.4) is 0 Å². The standard InChI is InChI=1S/C27H40O3/c1-19(2)13-16-26(29)22(5)12-8-11-20(3)9-7-10-21(4)14-15-24-18-25(28)17-23(6)27(24)30/h9,12-14,17-18,26,28-30H,7-8,10-11,15-16H2,1-6H3/b20-9+,21-14+,22-12+. The molecular formula is C27H40O3. The van der Waals surface area contributed by atoms with Crippen molar-refractivity contribution in [1.82, 2.24) is 0 Å². The number of phenolic OH excluding ortho intramolecular Hbond substituents is 2. The molecule has 30 heavy (non-hydrogen) atoms. The molecule has 1 atom stereocenters. The molecule has 3 N–H and O–H groups in total. The highest BCUT2D eigenvalue weighted by atomic mass is 16.3. The molecule has 3 nitrogen and oxygen atoms in total. The number of allylic oxidation sites excluding steroid dienone is 6. The average Bonchev–Trinajstić information content (AvgIpc) is 2.67. The van der Waals surface area contributed by atoms with Gasteiger partial charge in [-0.1, -0.05) is 41.0 Å². The highest BCUT2D eigenvalue weighted by Crippen LogP contribution is 2.28. The summed E-state index contributed by atoms with van der Waals surface area (Å²) < 4.78 is 0. The van der Waals surface area contributed by atoms with Crippen LogP contribution in [-0.2, 0) is 6.42 Å². The van der Waals surface area contributed by atoms with Crippen molar-refractivity contribution in [3.63, 3.8) is 0 Å². The zero-order valence-electron chi connectivity index (χ0n) is 19.6. The van der Waals surface area contributed by atoms with Gasteiger partial charge in [0.1, 0.15) is 11.5 Å². The van der Waals surface area contributed by atoms with Crippen molar-refractivity contribution in [3.8, 4) is 11.5 Å². The van der Waals surface area contributed by atoms with Gasteiger partial charge in [-0.25, -0.2) is 0 Å². The van der Waals surface area contributed by atoms with E-state index in [2.05, 4.69) is 38.2 Å². The molecule has 0 aliphatic heterocycles. The molecule has 0 fully saturated rings. The Hall–Kier alpha value is -2.26. The van der Waals surface area contributed by atoms with E-state index in [1.54, 1.807) is 19.1 Å². The topological polar surface area (TPSA) is 60.7 Å². The van der Waals surface area contributed by atoms with Crippen molar-refractivity contribution in [2.75, 3.05) is 0 Å². The quantitative estimate of drug-likeness (QED) is 0.269. The van der Waals surface area contributed by atoms with Crippen LogP contribution in [0.1, 0.15) is 77.8 Å². The van der Waals surface area contributed by atoms with E-state index in [1.807, 2.05) is 20.8 Å². The van der Waals surface area contributed by atoms with E-state index in [-0.39, 0.29) is 17.6 Å². The van der Waals surface area contributed by atoms with Crippen molar-refractivity contribution in [3.05, 3.63) is 69.9 Å². The highest BCUT2D eigenvalue weighted by molar-refractivity contribution is 5.46. The minimum absolute atomic E-state index is 0.193. The molecule has 0 saturated carbocycles. The van der Waals surface area contributed by atoms with Gasteiger partial charge in [-0.3, -0.25) is 0 Å². The number of hydrogen-bond acceptors (Lipinski definition) is 3. The first kappa shape index (κ1) is 25.8. The summed E-state index contributed by atoms with van der Waals surface area (Å²) in [6.45, 7) is 12.2. The van der Waals surface area contributed by atoms with Crippen molar-refractivity contribution in [1.29, 1.82) is 0 Å². The molecule has 0 heterocycles. The molecule has 1 aromatic rings. The lowest BCUT2D eigenvalue weighted by molar-refractivity contribution is 0.213. The van der Waals surface area contributed by atoms with Gasteiger partial charge < -0.3 is 15.3 Å². The SMILES string of the molecule is CC(C)=CCC(O)/C(C)=C/CC/C(C)=C/CC/C(C)=C/Cc1cc(O)cc(C)c1O. The molecule has 1 unspecified atom stereocenters. The Bertz CT molecular complexity index is 806. The van der Waals surface area contributed by atoms with Crippen molar-refractivity contribution in [2.45, 2.75) is 86.2 Å². The first-order valence-corrected chi connectivity index (χ1v) is 10.9. The van der Waals surface area contributed by atoms with E-state index in [0.717, 1.165) is 36.8 Å². The molecule has 3 heteroatoms. The van der Waals surface area contributed by atoms with Crippen LogP contribution < -0.4 is 0 Å². The summed E-state index contributed by atoms with van der Waals surface area (Å²) in [5, 5.41) is 30.0. The molecule has 0 aliphatic rings. The highest BCUT2D eigenvalue weighted by Gasteiger charge is 2.06. The number of hydrogen-bond donors (Lipinski definition) is 3. The van der Waals surface area contributed by atoms with Gasteiger partial charge in [0.15, 0.2) is 0 Å². The zero-order valence-corrected chi connectivity index (χ0v) is 19.6. The Morgan fingerprint density at radius 3 is 2.10 bits per heavy atom. The number of aryl methyl sites for hydroxylation is 1. The van der Waals surface area contributed by atoms with Crippen molar-refractivity contribution < 1.29 is 15.3 Å². The number of rotatable bonds is 11. The Morgan fingerprint density at radius 1 is 0.867 bits per heavy atom. The number of aliphatic hydroxyl groups is 1. The van der Waals surface area contributed by atoms with Gasteiger partial charge in [0.05, 0.1) is 6.10 Å². The Balaban J connectivity index is 2.45. The van der Waals surface area contributed by atoms with Crippen LogP contribution in [0.25, 0.3) is 0 Å². The van der Waals surface area contributed by atoms with Gasteiger partial charge in [-0.05, 0) is 103 Å². The third kappa shape index (κ3) is 9.98. The molecule has 166 valence electrons. The summed E-state index contributed by atoms with van der Waals surface area (Å²) in [4.78, 5) is 0. The Labute approximate surface area is 183 Å². The van der Waals surface area contributed by atoms with E-state index in [1.165, 1.54) is 16.7 Å². The molecule has 0 aliphatic carbocycles. The van der Waals surface area contributed by atoms with Gasteiger partial charge in [-0.2, -0.15) is 0 Å². The van der Waals surface area contributed by atoms with E-state index in [4.69, 9.17) is 0 Å². The summed E-state index contributed by atoms with van der Waals surface area (Å²) in [6.07, 6.45) is 13.5. The van der Waals surface area contributed by atoms with Gasteiger partial charge in [0, 0.05) is 5.56 Å².